The standard InChI is InChI=1S/C42H34/c1-32(31-36(34-19-8-5-9-20-34)30-29-33-17-6-4-7-18-33)37-23-10-2-3-11-25-42(41-27-15-14-26-39(37)41)40-28-16-22-35-21-12-13-24-38(35)40/h2-31,39,41H,1H2. The van der Waals surface area contributed by atoms with Crippen molar-refractivity contribution in [2.75, 3.05) is 0 Å². The zero-order valence-electron chi connectivity index (χ0n) is 23.7. The summed E-state index contributed by atoms with van der Waals surface area (Å²) >= 11 is 0. The second-order valence-electron chi connectivity index (χ2n) is 10.6. The molecule has 0 saturated carbocycles. The van der Waals surface area contributed by atoms with Crippen molar-refractivity contribution in [2.45, 2.75) is 0 Å². The van der Waals surface area contributed by atoms with Crippen LogP contribution in [-0.4, -0.2) is 0 Å². The van der Waals surface area contributed by atoms with E-state index in [9.17, 15) is 0 Å². The van der Waals surface area contributed by atoms with Crippen molar-refractivity contribution in [3.8, 4) is 0 Å². The van der Waals surface area contributed by atoms with Crippen LogP contribution in [0.5, 0.6) is 0 Å². The van der Waals surface area contributed by atoms with Crippen LogP contribution in [0.1, 0.15) is 16.7 Å². The highest BCUT2D eigenvalue weighted by Crippen LogP contribution is 2.42. The maximum atomic E-state index is 4.66. The van der Waals surface area contributed by atoms with Gasteiger partial charge in [-0.15, -0.1) is 0 Å². The molecule has 0 bridgehead atoms. The predicted octanol–water partition coefficient (Wildman–Crippen LogP) is 11.0. The molecule has 42 heavy (non-hydrogen) atoms. The van der Waals surface area contributed by atoms with E-state index in [0.717, 1.165) is 16.7 Å². The average molecular weight is 539 g/mol. The van der Waals surface area contributed by atoms with Crippen LogP contribution in [0, 0.1) is 11.8 Å². The Labute approximate surface area is 249 Å². The van der Waals surface area contributed by atoms with Gasteiger partial charge in [0.05, 0.1) is 0 Å². The molecule has 0 amide bonds. The van der Waals surface area contributed by atoms with Crippen molar-refractivity contribution in [1.29, 1.82) is 0 Å². The minimum absolute atomic E-state index is 0.134. The fourth-order valence-corrected chi connectivity index (χ4v) is 5.82. The van der Waals surface area contributed by atoms with Gasteiger partial charge in [0, 0.05) is 11.8 Å². The number of benzene rings is 4. The van der Waals surface area contributed by atoms with Crippen LogP contribution in [0.15, 0.2) is 194 Å². The molecular formula is C42H34. The van der Waals surface area contributed by atoms with Gasteiger partial charge in [0.15, 0.2) is 0 Å². The lowest BCUT2D eigenvalue weighted by atomic mass is 9.73. The summed E-state index contributed by atoms with van der Waals surface area (Å²) in [5.74, 6) is 0.295. The molecule has 0 radical (unpaired) electrons. The molecule has 0 aromatic heterocycles. The molecule has 2 aliphatic carbocycles. The Balaban J connectivity index is 1.43. The van der Waals surface area contributed by atoms with Crippen LogP contribution in [0.25, 0.3) is 28.0 Å². The Morgan fingerprint density at radius 2 is 1.26 bits per heavy atom. The zero-order chi connectivity index (χ0) is 28.6. The smallest absolute Gasteiger partial charge is 0.0131 e. The summed E-state index contributed by atoms with van der Waals surface area (Å²) in [5.41, 5.74) is 8.25. The van der Waals surface area contributed by atoms with Crippen LogP contribution < -0.4 is 0 Å². The topological polar surface area (TPSA) is 0 Å². The van der Waals surface area contributed by atoms with Gasteiger partial charge in [0.2, 0.25) is 0 Å². The Bertz CT molecular complexity index is 1810. The molecule has 0 aliphatic heterocycles. The summed E-state index contributed by atoms with van der Waals surface area (Å²) in [7, 11) is 0. The molecule has 0 N–H and O–H groups in total. The van der Waals surface area contributed by atoms with Gasteiger partial charge < -0.3 is 0 Å². The normalized spacial score (nSPS) is 18.5. The van der Waals surface area contributed by atoms with Crippen molar-refractivity contribution < 1.29 is 0 Å². The first-order valence-corrected chi connectivity index (χ1v) is 14.6. The van der Waals surface area contributed by atoms with Crippen LogP contribution >= 0.6 is 0 Å². The molecule has 202 valence electrons. The quantitative estimate of drug-likeness (QED) is 0.214. The highest BCUT2D eigenvalue weighted by atomic mass is 14.3. The molecule has 2 atom stereocenters. The Morgan fingerprint density at radius 1 is 0.595 bits per heavy atom. The van der Waals surface area contributed by atoms with Gasteiger partial charge in [0.1, 0.15) is 0 Å². The highest BCUT2D eigenvalue weighted by Gasteiger charge is 2.28. The third kappa shape index (κ3) is 6.09. The number of hydrogen-bond donors (Lipinski definition) is 0. The first-order chi connectivity index (χ1) is 20.8. The summed E-state index contributed by atoms with van der Waals surface area (Å²) in [4.78, 5) is 0. The third-order valence-corrected chi connectivity index (χ3v) is 7.90. The van der Waals surface area contributed by atoms with Gasteiger partial charge in [-0.3, -0.25) is 0 Å². The predicted molar refractivity (Wildman–Crippen MR) is 183 cm³/mol. The van der Waals surface area contributed by atoms with Crippen LogP contribution in [0.4, 0.5) is 0 Å². The van der Waals surface area contributed by atoms with Gasteiger partial charge in [0.25, 0.3) is 0 Å². The number of hydrogen-bond acceptors (Lipinski definition) is 0. The Morgan fingerprint density at radius 3 is 2.07 bits per heavy atom. The number of allylic oxidation sites excluding steroid dienone is 16. The molecule has 0 fully saturated rings. The van der Waals surface area contributed by atoms with Crippen LogP contribution in [0.3, 0.4) is 0 Å². The van der Waals surface area contributed by atoms with Crippen LogP contribution in [0.2, 0.25) is 0 Å². The van der Waals surface area contributed by atoms with Crippen molar-refractivity contribution >= 4 is 28.0 Å². The minimum Gasteiger partial charge on any atom is -0.0914 e. The summed E-state index contributed by atoms with van der Waals surface area (Å²) in [6.07, 6.45) is 28.7. The SMILES string of the molecule is C=C(C=C(C=Cc1ccccc1)c1ccccc1)C1=CC=CC=CC=C(c2cccc3ccccc23)C2C=CC=CC12. The van der Waals surface area contributed by atoms with Crippen molar-refractivity contribution in [1.82, 2.24) is 0 Å². The lowest BCUT2D eigenvalue weighted by molar-refractivity contribution is 0.656. The molecule has 0 spiro atoms. The number of rotatable bonds is 6. The van der Waals surface area contributed by atoms with E-state index in [1.807, 2.05) is 6.07 Å². The van der Waals surface area contributed by atoms with E-state index in [4.69, 9.17) is 0 Å². The summed E-state index contributed by atoms with van der Waals surface area (Å²) in [6, 6.07) is 36.3. The second-order valence-corrected chi connectivity index (χ2v) is 10.6. The molecule has 2 aliphatic rings. The largest absolute Gasteiger partial charge is 0.0914 e. The molecule has 4 aromatic rings. The fraction of sp³-hybridized carbons (Fsp3) is 0.0476. The van der Waals surface area contributed by atoms with Gasteiger partial charge >= 0.3 is 0 Å². The van der Waals surface area contributed by atoms with E-state index in [-0.39, 0.29) is 11.8 Å². The average Bonchev–Trinajstić information content (AvgIpc) is 3.05. The Kier molecular flexibility index (Phi) is 8.34. The van der Waals surface area contributed by atoms with E-state index in [2.05, 4.69) is 183 Å². The van der Waals surface area contributed by atoms with Crippen molar-refractivity contribution in [3.63, 3.8) is 0 Å². The highest BCUT2D eigenvalue weighted by molar-refractivity contribution is 5.95. The maximum Gasteiger partial charge on any atom is 0.0131 e. The lowest BCUT2D eigenvalue weighted by Crippen LogP contribution is -2.18. The van der Waals surface area contributed by atoms with Crippen molar-refractivity contribution in [2.24, 2.45) is 11.8 Å². The molecule has 0 heteroatoms. The van der Waals surface area contributed by atoms with Crippen LogP contribution in [-0.2, 0) is 0 Å². The number of fused-ring (bicyclic) bond motifs is 2. The molecule has 0 heterocycles. The molecular weight excluding hydrogens is 504 g/mol. The van der Waals surface area contributed by atoms with E-state index < -0.39 is 0 Å². The summed E-state index contributed by atoms with van der Waals surface area (Å²) in [6.45, 7) is 4.66. The molecule has 6 rings (SSSR count). The first-order valence-electron chi connectivity index (χ1n) is 14.6. The minimum atomic E-state index is 0.134. The van der Waals surface area contributed by atoms with Gasteiger partial charge in [-0.1, -0.05) is 183 Å². The molecule has 0 saturated heterocycles. The molecule has 2 unspecified atom stereocenters. The summed E-state index contributed by atoms with van der Waals surface area (Å²) in [5, 5.41) is 2.53. The Hall–Kier alpha value is -5.20. The third-order valence-electron chi connectivity index (χ3n) is 7.90. The monoisotopic (exact) mass is 538 g/mol. The first kappa shape index (κ1) is 27.0. The fourth-order valence-electron chi connectivity index (χ4n) is 5.82. The van der Waals surface area contributed by atoms with E-state index in [0.29, 0.717) is 0 Å². The lowest BCUT2D eigenvalue weighted by Gasteiger charge is -2.30. The van der Waals surface area contributed by atoms with E-state index in [1.165, 1.54) is 33.0 Å². The van der Waals surface area contributed by atoms with E-state index in [1.54, 1.807) is 0 Å². The summed E-state index contributed by atoms with van der Waals surface area (Å²) < 4.78 is 0. The zero-order valence-corrected chi connectivity index (χ0v) is 23.7. The van der Waals surface area contributed by atoms with Gasteiger partial charge in [-0.2, -0.15) is 0 Å². The second kappa shape index (κ2) is 13.0. The van der Waals surface area contributed by atoms with E-state index >= 15 is 0 Å². The molecule has 0 nitrogen and oxygen atoms in total. The maximum absolute atomic E-state index is 4.66. The van der Waals surface area contributed by atoms with Crippen molar-refractivity contribution in [3.05, 3.63) is 210 Å². The van der Waals surface area contributed by atoms with Gasteiger partial charge in [-0.05, 0) is 55.8 Å². The van der Waals surface area contributed by atoms with Gasteiger partial charge in [-0.25, -0.2) is 0 Å². The molecule has 4 aromatic carbocycles.